The summed E-state index contributed by atoms with van der Waals surface area (Å²) in [6.45, 7) is 3.85. The van der Waals surface area contributed by atoms with Gasteiger partial charge >= 0.3 is 0 Å². The summed E-state index contributed by atoms with van der Waals surface area (Å²) >= 11 is 6.04. The quantitative estimate of drug-likeness (QED) is 0.498. The van der Waals surface area contributed by atoms with E-state index < -0.39 is 0 Å². The first-order valence-corrected chi connectivity index (χ1v) is 11.3. The average Bonchev–Trinajstić information content (AvgIpc) is 3.59. The molecule has 0 radical (unpaired) electrons. The summed E-state index contributed by atoms with van der Waals surface area (Å²) in [6.07, 6.45) is 2.20. The van der Waals surface area contributed by atoms with E-state index in [1.54, 1.807) is 11.3 Å². The fourth-order valence-electron chi connectivity index (χ4n) is 4.10. The maximum atomic E-state index is 13.4. The van der Waals surface area contributed by atoms with Crippen molar-refractivity contribution < 1.29 is 18.7 Å². The molecule has 0 bridgehead atoms. The van der Waals surface area contributed by atoms with Crippen LogP contribution in [-0.4, -0.2) is 41.4 Å². The van der Waals surface area contributed by atoms with Crippen molar-refractivity contribution in [1.82, 2.24) is 9.91 Å². The summed E-state index contributed by atoms with van der Waals surface area (Å²) in [5.41, 5.74) is 2.84. The van der Waals surface area contributed by atoms with Crippen molar-refractivity contribution in [1.29, 1.82) is 0 Å². The normalized spacial score (nSPS) is 17.0. The molecule has 2 aliphatic rings. The fraction of sp³-hybridized carbons (Fsp3) is 0.280. The van der Waals surface area contributed by atoms with Crippen LogP contribution in [0.2, 0.25) is 5.02 Å². The highest BCUT2D eigenvalue weighted by Gasteiger charge is 2.35. The highest BCUT2D eigenvalue weighted by Crippen LogP contribution is 2.34. The van der Waals surface area contributed by atoms with Crippen LogP contribution in [0.15, 0.2) is 70.4 Å². The summed E-state index contributed by atoms with van der Waals surface area (Å²) < 4.78 is 16.5. The number of furan rings is 1. The molecule has 170 valence electrons. The van der Waals surface area contributed by atoms with Crippen LogP contribution in [0.25, 0.3) is 0 Å². The maximum Gasteiger partial charge on any atom is 0.257 e. The van der Waals surface area contributed by atoms with Gasteiger partial charge in [-0.25, -0.2) is 5.01 Å². The van der Waals surface area contributed by atoms with E-state index in [0.717, 1.165) is 34.1 Å². The van der Waals surface area contributed by atoms with Crippen LogP contribution in [0.1, 0.15) is 36.3 Å². The zero-order valence-corrected chi connectivity index (χ0v) is 19.0. The molecule has 2 aliphatic heterocycles. The number of halogens is 1. The number of hydrogen-bond acceptors (Lipinski definition) is 6. The predicted octanol–water partition coefficient (Wildman–Crippen LogP) is 4.86. The SMILES string of the molecule is CCN(CC(=O)N1N=C(c2ccc(Cl)cc2)CC1c1ccco1)Cc1ccc2c(c1)OCO2. The summed E-state index contributed by atoms with van der Waals surface area (Å²) in [7, 11) is 0. The standard InChI is InChI=1S/C25H24ClN3O4/c1-2-28(14-17-5-10-23-24(12-17)33-16-32-23)15-25(30)29-21(22-4-3-11-31-22)13-20(27-29)18-6-8-19(26)9-7-18/h3-12,21H,2,13-16H2,1H3. The van der Waals surface area contributed by atoms with E-state index in [2.05, 4.69) is 4.90 Å². The minimum absolute atomic E-state index is 0.0806. The molecule has 0 saturated heterocycles. The van der Waals surface area contributed by atoms with Gasteiger partial charge in [-0.1, -0.05) is 36.7 Å². The Morgan fingerprint density at radius 1 is 1.15 bits per heavy atom. The lowest BCUT2D eigenvalue weighted by Gasteiger charge is -2.25. The Kier molecular flexibility index (Phi) is 6.07. The summed E-state index contributed by atoms with van der Waals surface area (Å²) in [6, 6.07) is 16.8. The molecule has 1 unspecified atom stereocenters. The molecule has 5 rings (SSSR count). The molecule has 8 heteroatoms. The third-order valence-corrected chi connectivity index (χ3v) is 6.12. The topological polar surface area (TPSA) is 67.5 Å². The molecule has 0 N–H and O–H groups in total. The summed E-state index contributed by atoms with van der Waals surface area (Å²) in [4.78, 5) is 15.5. The molecule has 0 aliphatic carbocycles. The Bertz CT molecular complexity index is 1160. The number of ether oxygens (including phenoxy) is 2. The second-order valence-corrected chi connectivity index (χ2v) is 8.45. The number of nitrogens with zero attached hydrogens (tertiary/aromatic N) is 3. The zero-order chi connectivity index (χ0) is 22.8. The number of amides is 1. The Balaban J connectivity index is 1.34. The van der Waals surface area contributed by atoms with Gasteiger partial charge in [0.2, 0.25) is 6.79 Å². The molecule has 33 heavy (non-hydrogen) atoms. The van der Waals surface area contributed by atoms with Gasteiger partial charge < -0.3 is 13.9 Å². The molecule has 1 amide bonds. The molecule has 2 aromatic carbocycles. The zero-order valence-electron chi connectivity index (χ0n) is 18.2. The molecular formula is C25H24ClN3O4. The van der Waals surface area contributed by atoms with Gasteiger partial charge in [0.05, 0.1) is 18.5 Å². The number of hydrogen-bond donors (Lipinski definition) is 0. The monoisotopic (exact) mass is 465 g/mol. The second kappa shape index (κ2) is 9.29. The first-order chi connectivity index (χ1) is 16.1. The van der Waals surface area contributed by atoms with Crippen molar-refractivity contribution >= 4 is 23.2 Å². The van der Waals surface area contributed by atoms with E-state index in [0.29, 0.717) is 24.5 Å². The van der Waals surface area contributed by atoms with Crippen molar-refractivity contribution in [3.63, 3.8) is 0 Å². The number of fused-ring (bicyclic) bond motifs is 1. The van der Waals surface area contributed by atoms with Crippen molar-refractivity contribution in [3.05, 3.63) is 82.8 Å². The number of likely N-dealkylation sites (N-methyl/N-ethyl adjacent to an activating group) is 1. The first kappa shape index (κ1) is 21.6. The van der Waals surface area contributed by atoms with Crippen LogP contribution in [0.3, 0.4) is 0 Å². The van der Waals surface area contributed by atoms with Gasteiger partial charge in [0, 0.05) is 18.0 Å². The molecule has 0 spiro atoms. The van der Waals surface area contributed by atoms with Crippen LogP contribution in [0.5, 0.6) is 11.5 Å². The van der Waals surface area contributed by atoms with Crippen molar-refractivity contribution in [3.8, 4) is 11.5 Å². The van der Waals surface area contributed by atoms with Gasteiger partial charge in [-0.2, -0.15) is 5.10 Å². The van der Waals surface area contributed by atoms with Crippen LogP contribution >= 0.6 is 11.6 Å². The molecule has 1 aromatic heterocycles. The molecule has 1 atom stereocenters. The first-order valence-electron chi connectivity index (χ1n) is 10.9. The van der Waals surface area contributed by atoms with E-state index in [1.807, 2.05) is 61.5 Å². The average molecular weight is 466 g/mol. The predicted molar refractivity (Wildman–Crippen MR) is 124 cm³/mol. The third kappa shape index (κ3) is 4.60. The lowest BCUT2D eigenvalue weighted by molar-refractivity contribution is -0.134. The van der Waals surface area contributed by atoms with Crippen molar-refractivity contribution in [2.45, 2.75) is 25.9 Å². The van der Waals surface area contributed by atoms with Gasteiger partial charge in [-0.3, -0.25) is 9.69 Å². The molecule has 0 fully saturated rings. The number of benzene rings is 2. The number of rotatable bonds is 7. The largest absolute Gasteiger partial charge is 0.467 e. The van der Waals surface area contributed by atoms with Gasteiger partial charge in [0.25, 0.3) is 5.91 Å². The Hall–Kier alpha value is -3.29. The molecule has 7 nitrogen and oxygen atoms in total. The number of hydrazone groups is 1. The summed E-state index contributed by atoms with van der Waals surface area (Å²) in [5, 5.41) is 6.92. The van der Waals surface area contributed by atoms with Gasteiger partial charge in [-0.05, 0) is 54.1 Å². The van der Waals surface area contributed by atoms with E-state index >= 15 is 0 Å². The van der Waals surface area contributed by atoms with E-state index in [9.17, 15) is 4.79 Å². The van der Waals surface area contributed by atoms with Crippen LogP contribution in [0, 0.1) is 0 Å². The fourth-order valence-corrected chi connectivity index (χ4v) is 4.23. The van der Waals surface area contributed by atoms with Crippen LogP contribution < -0.4 is 9.47 Å². The Morgan fingerprint density at radius 2 is 1.97 bits per heavy atom. The van der Waals surface area contributed by atoms with Gasteiger partial charge in [-0.15, -0.1) is 0 Å². The molecule has 3 aromatic rings. The van der Waals surface area contributed by atoms with Gasteiger partial charge in [0.15, 0.2) is 11.5 Å². The van der Waals surface area contributed by atoms with E-state index in [-0.39, 0.29) is 25.3 Å². The van der Waals surface area contributed by atoms with E-state index in [4.69, 9.17) is 30.6 Å². The highest BCUT2D eigenvalue weighted by molar-refractivity contribution is 6.30. The molecule has 3 heterocycles. The lowest BCUT2D eigenvalue weighted by atomic mass is 10.0. The Labute approximate surface area is 197 Å². The maximum absolute atomic E-state index is 13.4. The Morgan fingerprint density at radius 3 is 2.73 bits per heavy atom. The lowest BCUT2D eigenvalue weighted by Crippen LogP contribution is -2.37. The number of carbonyl (C=O) groups excluding carboxylic acids is 1. The summed E-state index contributed by atoms with van der Waals surface area (Å²) in [5.74, 6) is 2.13. The van der Waals surface area contributed by atoms with Crippen molar-refractivity contribution in [2.75, 3.05) is 19.9 Å². The molecule has 0 saturated carbocycles. The van der Waals surface area contributed by atoms with Crippen molar-refractivity contribution in [2.24, 2.45) is 5.10 Å². The van der Waals surface area contributed by atoms with E-state index in [1.165, 1.54) is 0 Å². The minimum Gasteiger partial charge on any atom is -0.467 e. The third-order valence-electron chi connectivity index (χ3n) is 5.86. The van der Waals surface area contributed by atoms with Crippen LogP contribution in [0.4, 0.5) is 0 Å². The number of carbonyl (C=O) groups is 1. The second-order valence-electron chi connectivity index (χ2n) is 8.02. The highest BCUT2D eigenvalue weighted by atomic mass is 35.5. The van der Waals surface area contributed by atoms with Gasteiger partial charge in [0.1, 0.15) is 11.8 Å². The minimum atomic E-state index is -0.276. The van der Waals surface area contributed by atoms with Crippen LogP contribution in [-0.2, 0) is 11.3 Å². The molecular weight excluding hydrogens is 442 g/mol. The smallest absolute Gasteiger partial charge is 0.257 e.